The van der Waals surface area contributed by atoms with Gasteiger partial charge in [0.15, 0.2) is 23.1 Å². The summed E-state index contributed by atoms with van der Waals surface area (Å²) in [6.45, 7) is 1.49. The van der Waals surface area contributed by atoms with Crippen LogP contribution in [0.2, 0.25) is 0 Å². The molecule has 31 heavy (non-hydrogen) atoms. The quantitative estimate of drug-likeness (QED) is 0.638. The van der Waals surface area contributed by atoms with Crippen LogP contribution in [0.4, 0.5) is 20.5 Å². The van der Waals surface area contributed by atoms with Crippen LogP contribution in [0.1, 0.15) is 12.8 Å². The van der Waals surface area contributed by atoms with E-state index in [0.717, 1.165) is 25.5 Å². The molecule has 0 spiro atoms. The Bertz CT molecular complexity index is 1100. The lowest BCUT2D eigenvalue weighted by Gasteiger charge is -2.26. The van der Waals surface area contributed by atoms with Crippen LogP contribution in [0.3, 0.4) is 0 Å². The zero-order chi connectivity index (χ0) is 22.1. The molecule has 1 aliphatic rings. The molecule has 2 N–H and O–H groups in total. The van der Waals surface area contributed by atoms with Gasteiger partial charge in [-0.2, -0.15) is 0 Å². The van der Waals surface area contributed by atoms with Gasteiger partial charge in [0.1, 0.15) is 0 Å². The predicted octanol–water partition coefficient (Wildman–Crippen LogP) is 3.67. The number of likely N-dealkylation sites (tertiary alicyclic amines) is 1. The minimum absolute atomic E-state index is 0.0339. The zero-order valence-electron chi connectivity index (χ0n) is 17.5. The number of rotatable bonds is 6. The molecule has 0 aliphatic carbocycles. The minimum atomic E-state index is -0.884. The molecule has 1 atom stereocenters. The van der Waals surface area contributed by atoms with Gasteiger partial charge in [-0.1, -0.05) is 0 Å². The molecule has 164 valence electrons. The molecule has 1 unspecified atom stereocenters. The van der Waals surface area contributed by atoms with Gasteiger partial charge in [-0.15, -0.1) is 0 Å². The predicted molar refractivity (Wildman–Crippen MR) is 114 cm³/mol. The fraction of sp³-hybridized carbons (Fsp3) is 0.381. The van der Waals surface area contributed by atoms with E-state index in [9.17, 15) is 0 Å². The van der Waals surface area contributed by atoms with E-state index in [0.29, 0.717) is 17.4 Å². The molecule has 0 amide bonds. The van der Waals surface area contributed by atoms with Gasteiger partial charge in [0, 0.05) is 23.7 Å². The number of benzene rings is 1. The van der Waals surface area contributed by atoms with Crippen LogP contribution < -0.4 is 15.2 Å². The lowest BCUT2D eigenvalue weighted by molar-refractivity contribution is 0.325. The van der Waals surface area contributed by atoms with E-state index in [1.807, 2.05) is 7.05 Å². The largest absolute Gasteiger partial charge is 0.494 e. The third-order valence-corrected chi connectivity index (χ3v) is 5.52. The number of aromatic nitrogens is 3. The molecule has 4 rings (SSSR count). The van der Waals surface area contributed by atoms with Crippen LogP contribution >= 0.6 is 0 Å². The maximum absolute atomic E-state index is 15.1. The maximum atomic E-state index is 15.1. The van der Waals surface area contributed by atoms with E-state index in [-0.39, 0.29) is 40.6 Å². The Morgan fingerprint density at radius 3 is 2.48 bits per heavy atom. The van der Waals surface area contributed by atoms with Crippen LogP contribution in [0.5, 0.6) is 11.5 Å². The molecule has 1 aromatic carbocycles. The monoisotopic (exact) mass is 429 g/mol. The number of halogens is 2. The standard InChI is InChI=1S/C21H23F2N6O2/c1-29-6-4-5-12(29)10-25-20-19-11(9-26-21(24)28-19)7-13(27-20)16-17(22)14(30-2)8-15(31-3)18(16)23/h7-9,12H,4-6,10H2,1-3H3,(H2-,24,25,26,27,28)/q-1. The van der Waals surface area contributed by atoms with Gasteiger partial charge < -0.3 is 30.4 Å². The van der Waals surface area contributed by atoms with Gasteiger partial charge in [-0.05, 0) is 50.6 Å². The van der Waals surface area contributed by atoms with Crippen molar-refractivity contribution >= 4 is 22.7 Å². The van der Waals surface area contributed by atoms with Crippen LogP contribution in [-0.4, -0.2) is 60.3 Å². The van der Waals surface area contributed by atoms with Crippen molar-refractivity contribution in [3.05, 3.63) is 35.3 Å². The Labute approximate surface area is 178 Å². The highest BCUT2D eigenvalue weighted by Crippen LogP contribution is 2.39. The molecule has 1 aliphatic heterocycles. The van der Waals surface area contributed by atoms with Gasteiger partial charge in [-0.25, -0.2) is 18.7 Å². The summed E-state index contributed by atoms with van der Waals surface area (Å²) in [6.07, 6.45) is 3.60. The summed E-state index contributed by atoms with van der Waals surface area (Å²) in [4.78, 5) is 14.9. The summed E-state index contributed by atoms with van der Waals surface area (Å²) in [5.41, 5.74) is 5.84. The van der Waals surface area contributed by atoms with Crippen molar-refractivity contribution in [2.24, 2.45) is 0 Å². The highest BCUT2D eigenvalue weighted by Gasteiger charge is 2.22. The van der Waals surface area contributed by atoms with Gasteiger partial charge in [0.25, 0.3) is 0 Å². The number of nitrogens with two attached hydrogens (primary N) is 1. The molecular weight excluding hydrogens is 406 g/mol. The van der Waals surface area contributed by atoms with Crippen molar-refractivity contribution in [3.8, 4) is 22.8 Å². The summed E-state index contributed by atoms with van der Waals surface area (Å²) in [5.74, 6) is -1.76. The first-order valence-corrected chi connectivity index (χ1v) is 9.84. The molecule has 3 heterocycles. The zero-order valence-corrected chi connectivity index (χ0v) is 17.5. The fourth-order valence-corrected chi connectivity index (χ4v) is 3.79. The lowest BCUT2D eigenvalue weighted by Crippen LogP contribution is -2.27. The van der Waals surface area contributed by atoms with Gasteiger partial charge in [-0.3, -0.25) is 0 Å². The Morgan fingerprint density at radius 2 is 1.87 bits per heavy atom. The van der Waals surface area contributed by atoms with Gasteiger partial charge in [0.05, 0.1) is 25.3 Å². The molecule has 3 aromatic rings. The second-order valence-corrected chi connectivity index (χ2v) is 7.40. The van der Waals surface area contributed by atoms with E-state index in [1.165, 1.54) is 26.5 Å². The summed E-state index contributed by atoms with van der Waals surface area (Å²) >= 11 is 0. The molecule has 0 radical (unpaired) electrons. The number of nitrogen functional groups attached to an aromatic ring is 1. The second kappa shape index (κ2) is 8.46. The number of hydrogen-bond acceptors (Lipinski definition) is 7. The first-order chi connectivity index (χ1) is 14.9. The van der Waals surface area contributed by atoms with E-state index in [4.69, 9.17) is 15.2 Å². The molecule has 0 saturated carbocycles. The van der Waals surface area contributed by atoms with E-state index in [1.54, 1.807) is 0 Å². The first-order valence-electron chi connectivity index (χ1n) is 9.84. The Balaban J connectivity index is 1.85. The smallest absolute Gasteiger partial charge is 0.220 e. The highest BCUT2D eigenvalue weighted by atomic mass is 19.1. The number of methoxy groups -OCH3 is 2. The molecule has 2 aromatic heterocycles. The third kappa shape index (κ3) is 3.90. The molecule has 1 fully saturated rings. The normalized spacial score (nSPS) is 16.6. The topological polar surface area (TPSA) is 100 Å². The van der Waals surface area contributed by atoms with Crippen LogP contribution in [0, 0.1) is 11.6 Å². The molecule has 10 heteroatoms. The number of hydrogen-bond donors (Lipinski definition) is 1. The van der Waals surface area contributed by atoms with E-state index >= 15 is 8.78 Å². The minimum Gasteiger partial charge on any atom is -0.494 e. The number of likely N-dealkylation sites (N-methyl/N-ethyl adjacent to an activating group) is 1. The summed E-state index contributed by atoms with van der Waals surface area (Å²) < 4.78 is 40.2. The summed E-state index contributed by atoms with van der Waals surface area (Å²) in [5, 5.41) is 5.14. The van der Waals surface area contributed by atoms with Crippen molar-refractivity contribution in [2.75, 3.05) is 40.1 Å². The van der Waals surface area contributed by atoms with Crippen molar-refractivity contribution < 1.29 is 18.3 Å². The summed E-state index contributed by atoms with van der Waals surface area (Å²) in [7, 11) is 4.63. The van der Waals surface area contributed by atoms with Crippen LogP contribution in [-0.2, 0) is 0 Å². The average molecular weight is 429 g/mol. The van der Waals surface area contributed by atoms with E-state index in [2.05, 4.69) is 25.2 Å². The van der Waals surface area contributed by atoms with E-state index < -0.39 is 11.6 Å². The molecular formula is C21H23F2N6O2-. The van der Waals surface area contributed by atoms with Crippen molar-refractivity contribution in [3.63, 3.8) is 0 Å². The Hall–Kier alpha value is -3.27. The second-order valence-electron chi connectivity index (χ2n) is 7.40. The maximum Gasteiger partial charge on any atom is 0.220 e. The van der Waals surface area contributed by atoms with Crippen LogP contribution in [0.25, 0.3) is 27.5 Å². The third-order valence-electron chi connectivity index (χ3n) is 5.52. The number of pyridine rings is 1. The molecule has 1 saturated heterocycles. The van der Waals surface area contributed by atoms with Crippen molar-refractivity contribution in [1.82, 2.24) is 19.9 Å². The van der Waals surface area contributed by atoms with Crippen LogP contribution in [0.15, 0.2) is 18.3 Å². The van der Waals surface area contributed by atoms with Crippen molar-refractivity contribution in [1.29, 1.82) is 0 Å². The SMILES string of the molecule is COc1cc(OC)c(F)c(-c2cc3cnc(N)nc3c([N-]CC3CCCN3C)n2)c1F. The number of fused-ring (bicyclic) bond motifs is 1. The number of ether oxygens (including phenoxy) is 2. The van der Waals surface area contributed by atoms with Gasteiger partial charge >= 0.3 is 0 Å². The Kier molecular flexibility index (Phi) is 5.73. The van der Waals surface area contributed by atoms with Gasteiger partial charge in [0.2, 0.25) is 5.95 Å². The first kappa shape index (κ1) is 21.0. The molecule has 8 nitrogen and oxygen atoms in total. The number of anilines is 1. The lowest BCUT2D eigenvalue weighted by atomic mass is 10.1. The van der Waals surface area contributed by atoms with Crippen molar-refractivity contribution in [2.45, 2.75) is 18.9 Å². The summed E-state index contributed by atoms with van der Waals surface area (Å²) in [6, 6.07) is 2.92. The Morgan fingerprint density at radius 1 is 1.16 bits per heavy atom. The highest BCUT2D eigenvalue weighted by molar-refractivity contribution is 5.92. The molecule has 0 bridgehead atoms. The number of nitrogens with zero attached hydrogens (tertiary/aromatic N) is 5. The average Bonchev–Trinajstić information content (AvgIpc) is 3.17. The fourth-order valence-electron chi connectivity index (χ4n) is 3.79.